The maximum absolute atomic E-state index is 12.1. The van der Waals surface area contributed by atoms with Gasteiger partial charge in [-0.1, -0.05) is 37.5 Å². The lowest BCUT2D eigenvalue weighted by molar-refractivity contribution is -0.122. The van der Waals surface area contributed by atoms with Gasteiger partial charge in [-0.25, -0.2) is 0 Å². The highest BCUT2D eigenvalue weighted by atomic mass is 16.2. The molecule has 0 bridgehead atoms. The molecule has 1 atom stereocenters. The zero-order chi connectivity index (χ0) is 17.2. The summed E-state index contributed by atoms with van der Waals surface area (Å²) in [5, 5.41) is 5.92. The van der Waals surface area contributed by atoms with Crippen LogP contribution in [0.4, 0.5) is 0 Å². The summed E-state index contributed by atoms with van der Waals surface area (Å²) < 4.78 is 0. The third kappa shape index (κ3) is 5.96. The van der Waals surface area contributed by atoms with Crippen molar-refractivity contribution in [3.8, 4) is 0 Å². The van der Waals surface area contributed by atoms with Crippen molar-refractivity contribution in [2.45, 2.75) is 51.0 Å². The number of carbonyl (C=O) groups is 2. The molecule has 1 aliphatic carbocycles. The van der Waals surface area contributed by atoms with Gasteiger partial charge in [-0.05, 0) is 37.3 Å². The Bertz CT molecular complexity index is 513. The van der Waals surface area contributed by atoms with Crippen LogP contribution in [-0.2, 0) is 4.79 Å². The SMILES string of the molecule is NCC(NC(=O)CCCNC(=O)c1ccccc1)C1CCCCC1. The molecule has 4 N–H and O–H groups in total. The highest BCUT2D eigenvalue weighted by Crippen LogP contribution is 2.26. The number of benzene rings is 1. The maximum atomic E-state index is 12.1. The van der Waals surface area contributed by atoms with E-state index in [-0.39, 0.29) is 17.9 Å². The van der Waals surface area contributed by atoms with E-state index in [1.807, 2.05) is 18.2 Å². The zero-order valence-electron chi connectivity index (χ0n) is 14.3. The van der Waals surface area contributed by atoms with Crippen LogP contribution in [0.15, 0.2) is 30.3 Å². The minimum absolute atomic E-state index is 0.0324. The Morgan fingerprint density at radius 1 is 1.12 bits per heavy atom. The number of hydrogen-bond acceptors (Lipinski definition) is 3. The van der Waals surface area contributed by atoms with Crippen molar-refractivity contribution in [2.24, 2.45) is 11.7 Å². The fourth-order valence-corrected chi connectivity index (χ4v) is 3.33. The molecule has 5 heteroatoms. The van der Waals surface area contributed by atoms with Crippen LogP contribution in [0, 0.1) is 5.92 Å². The molecule has 1 unspecified atom stereocenters. The zero-order valence-corrected chi connectivity index (χ0v) is 14.3. The number of amides is 2. The van der Waals surface area contributed by atoms with Crippen molar-refractivity contribution < 1.29 is 9.59 Å². The minimum Gasteiger partial charge on any atom is -0.352 e. The van der Waals surface area contributed by atoms with E-state index in [1.54, 1.807) is 12.1 Å². The van der Waals surface area contributed by atoms with E-state index in [1.165, 1.54) is 19.3 Å². The van der Waals surface area contributed by atoms with E-state index < -0.39 is 0 Å². The van der Waals surface area contributed by atoms with Crippen LogP contribution < -0.4 is 16.4 Å². The lowest BCUT2D eigenvalue weighted by Gasteiger charge is -2.30. The normalized spacial score (nSPS) is 16.4. The van der Waals surface area contributed by atoms with Gasteiger partial charge in [-0.15, -0.1) is 0 Å². The van der Waals surface area contributed by atoms with Gasteiger partial charge in [0.05, 0.1) is 0 Å². The van der Waals surface area contributed by atoms with Gasteiger partial charge < -0.3 is 16.4 Å². The average Bonchev–Trinajstić information content (AvgIpc) is 2.64. The molecule has 0 radical (unpaired) electrons. The summed E-state index contributed by atoms with van der Waals surface area (Å²) in [6, 6.07) is 9.19. The Balaban J connectivity index is 1.64. The van der Waals surface area contributed by atoms with Gasteiger partial charge in [-0.3, -0.25) is 9.59 Å². The van der Waals surface area contributed by atoms with E-state index in [4.69, 9.17) is 5.73 Å². The average molecular weight is 331 g/mol. The van der Waals surface area contributed by atoms with Gasteiger partial charge in [0.2, 0.25) is 5.91 Å². The Kier molecular flexibility index (Phi) is 7.75. The Hall–Kier alpha value is -1.88. The number of hydrogen-bond donors (Lipinski definition) is 3. The third-order valence-electron chi connectivity index (χ3n) is 4.72. The van der Waals surface area contributed by atoms with Crippen molar-refractivity contribution in [3.05, 3.63) is 35.9 Å². The molecule has 1 aromatic carbocycles. The second-order valence-electron chi connectivity index (χ2n) is 6.53. The van der Waals surface area contributed by atoms with Gasteiger partial charge in [0, 0.05) is 31.1 Å². The number of rotatable bonds is 8. The maximum Gasteiger partial charge on any atom is 0.251 e. The monoisotopic (exact) mass is 331 g/mol. The highest BCUT2D eigenvalue weighted by Gasteiger charge is 2.23. The first-order valence-electron chi connectivity index (χ1n) is 9.03. The number of nitrogens with one attached hydrogen (secondary N) is 2. The topological polar surface area (TPSA) is 84.2 Å². The van der Waals surface area contributed by atoms with Crippen molar-refractivity contribution in [1.82, 2.24) is 10.6 Å². The van der Waals surface area contributed by atoms with Crippen LogP contribution in [-0.4, -0.2) is 30.9 Å². The molecule has 1 aromatic rings. The number of nitrogens with two attached hydrogens (primary N) is 1. The Labute approximate surface area is 144 Å². The summed E-state index contributed by atoms with van der Waals surface area (Å²) >= 11 is 0. The van der Waals surface area contributed by atoms with Crippen molar-refractivity contribution in [3.63, 3.8) is 0 Å². The molecule has 24 heavy (non-hydrogen) atoms. The first-order chi connectivity index (χ1) is 11.7. The van der Waals surface area contributed by atoms with Gasteiger partial charge in [0.1, 0.15) is 0 Å². The molecule has 0 spiro atoms. The van der Waals surface area contributed by atoms with Crippen LogP contribution in [0.5, 0.6) is 0 Å². The van der Waals surface area contributed by atoms with Crippen LogP contribution in [0.3, 0.4) is 0 Å². The lowest BCUT2D eigenvalue weighted by atomic mass is 9.84. The summed E-state index contributed by atoms with van der Waals surface area (Å²) in [5.74, 6) is 0.452. The predicted octanol–water partition coefficient (Wildman–Crippen LogP) is 2.22. The standard InChI is InChI=1S/C19H29N3O2/c20-14-17(15-8-3-1-4-9-15)22-18(23)12-7-13-21-19(24)16-10-5-2-6-11-16/h2,5-6,10-11,15,17H,1,3-4,7-9,12-14,20H2,(H,21,24)(H,22,23). The highest BCUT2D eigenvalue weighted by molar-refractivity contribution is 5.94. The quantitative estimate of drug-likeness (QED) is 0.639. The van der Waals surface area contributed by atoms with E-state index in [0.717, 1.165) is 12.8 Å². The summed E-state index contributed by atoms with van der Waals surface area (Å²) in [4.78, 5) is 24.0. The molecule has 0 aliphatic heterocycles. The summed E-state index contributed by atoms with van der Waals surface area (Å²) in [6.45, 7) is 0.999. The smallest absolute Gasteiger partial charge is 0.251 e. The fourth-order valence-electron chi connectivity index (χ4n) is 3.33. The molecular formula is C19H29N3O2. The van der Waals surface area contributed by atoms with Crippen LogP contribution in [0.1, 0.15) is 55.3 Å². The molecule has 2 rings (SSSR count). The fraction of sp³-hybridized carbons (Fsp3) is 0.579. The molecule has 1 saturated carbocycles. The molecule has 0 saturated heterocycles. The molecular weight excluding hydrogens is 302 g/mol. The van der Waals surface area contributed by atoms with E-state index >= 15 is 0 Å². The molecule has 0 heterocycles. The summed E-state index contributed by atoms with van der Waals surface area (Å²) in [7, 11) is 0. The van der Waals surface area contributed by atoms with Crippen molar-refractivity contribution in [2.75, 3.05) is 13.1 Å². The predicted molar refractivity (Wildman–Crippen MR) is 95.6 cm³/mol. The van der Waals surface area contributed by atoms with Gasteiger partial charge >= 0.3 is 0 Å². The molecule has 0 aromatic heterocycles. The van der Waals surface area contributed by atoms with Gasteiger partial charge in [0.25, 0.3) is 5.91 Å². The van der Waals surface area contributed by atoms with Crippen LogP contribution in [0.2, 0.25) is 0 Å². The van der Waals surface area contributed by atoms with E-state index in [2.05, 4.69) is 10.6 Å². The summed E-state index contributed by atoms with van der Waals surface area (Å²) in [6.07, 6.45) is 7.14. The van der Waals surface area contributed by atoms with Crippen molar-refractivity contribution >= 4 is 11.8 Å². The third-order valence-corrected chi connectivity index (χ3v) is 4.72. The van der Waals surface area contributed by atoms with E-state index in [9.17, 15) is 9.59 Å². The van der Waals surface area contributed by atoms with Gasteiger partial charge in [0.15, 0.2) is 0 Å². The molecule has 5 nitrogen and oxygen atoms in total. The first-order valence-corrected chi connectivity index (χ1v) is 9.03. The molecule has 1 fully saturated rings. The van der Waals surface area contributed by atoms with E-state index in [0.29, 0.717) is 37.4 Å². The van der Waals surface area contributed by atoms with Gasteiger partial charge in [-0.2, -0.15) is 0 Å². The molecule has 2 amide bonds. The minimum atomic E-state index is -0.0990. The summed E-state index contributed by atoms with van der Waals surface area (Å²) in [5.41, 5.74) is 6.48. The van der Waals surface area contributed by atoms with Crippen molar-refractivity contribution in [1.29, 1.82) is 0 Å². The Morgan fingerprint density at radius 3 is 2.50 bits per heavy atom. The Morgan fingerprint density at radius 2 is 1.83 bits per heavy atom. The number of carbonyl (C=O) groups excluding carboxylic acids is 2. The first kappa shape index (κ1) is 18.5. The largest absolute Gasteiger partial charge is 0.352 e. The molecule has 1 aliphatic rings. The lowest BCUT2D eigenvalue weighted by Crippen LogP contribution is -2.46. The molecule has 132 valence electrons. The second-order valence-corrected chi connectivity index (χ2v) is 6.53. The van der Waals surface area contributed by atoms with Crippen LogP contribution >= 0.6 is 0 Å². The second kappa shape index (κ2) is 10.1. The van der Waals surface area contributed by atoms with Crippen LogP contribution in [0.25, 0.3) is 0 Å².